The van der Waals surface area contributed by atoms with Crippen LogP contribution in [-0.2, 0) is 20.0 Å². The Hall–Kier alpha value is -1.20. The van der Waals surface area contributed by atoms with Crippen LogP contribution in [0.2, 0.25) is 0 Å². The first-order valence-corrected chi connectivity index (χ1v) is 6.58. The highest BCUT2D eigenvalue weighted by atomic mass is 32.1. The molecule has 0 amide bonds. The number of nitrogens with one attached hydrogen (secondary N) is 1. The highest BCUT2D eigenvalue weighted by Gasteiger charge is 2.07. The van der Waals surface area contributed by atoms with Gasteiger partial charge in [0.1, 0.15) is 12.2 Å². The summed E-state index contributed by atoms with van der Waals surface area (Å²) in [4.78, 5) is 2.81. The van der Waals surface area contributed by atoms with Gasteiger partial charge in [0, 0.05) is 22.8 Å². The third-order valence-corrected chi connectivity index (χ3v) is 3.74. The Morgan fingerprint density at radius 3 is 2.88 bits per heavy atom. The van der Waals surface area contributed by atoms with Gasteiger partial charge in [0.15, 0.2) is 0 Å². The molecule has 1 N–H and O–H groups in total. The lowest BCUT2D eigenvalue weighted by molar-refractivity contribution is 0.527. The minimum atomic E-state index is 0.449. The Labute approximate surface area is 106 Å². The van der Waals surface area contributed by atoms with E-state index in [1.54, 1.807) is 6.33 Å². The van der Waals surface area contributed by atoms with Gasteiger partial charge in [-0.25, -0.2) is 0 Å². The van der Waals surface area contributed by atoms with Crippen LogP contribution in [0.4, 0.5) is 0 Å². The summed E-state index contributed by atoms with van der Waals surface area (Å²) in [6.07, 6.45) is 2.79. The first kappa shape index (κ1) is 12.3. The van der Waals surface area contributed by atoms with Crippen LogP contribution in [0.5, 0.6) is 0 Å². The summed E-state index contributed by atoms with van der Waals surface area (Å²) >= 11 is 1.87. The lowest BCUT2D eigenvalue weighted by atomic mass is 10.2. The van der Waals surface area contributed by atoms with E-state index in [9.17, 15) is 0 Å². The molecule has 0 aromatic carbocycles. The fraction of sp³-hybridized carbons (Fsp3) is 0.500. The van der Waals surface area contributed by atoms with Crippen molar-refractivity contribution < 1.29 is 0 Å². The molecule has 2 aromatic heterocycles. The third-order valence-electron chi connectivity index (χ3n) is 2.72. The zero-order valence-corrected chi connectivity index (χ0v) is 11.3. The highest BCUT2D eigenvalue weighted by Crippen LogP contribution is 2.16. The van der Waals surface area contributed by atoms with Crippen LogP contribution in [-0.4, -0.2) is 20.8 Å². The van der Waals surface area contributed by atoms with Crippen molar-refractivity contribution in [1.82, 2.24) is 20.1 Å². The molecule has 1 atom stereocenters. The molecule has 2 aromatic rings. The van der Waals surface area contributed by atoms with Crippen molar-refractivity contribution >= 4 is 11.3 Å². The zero-order chi connectivity index (χ0) is 12.3. The van der Waals surface area contributed by atoms with Crippen molar-refractivity contribution in [3.05, 3.63) is 34.0 Å². The molecule has 2 rings (SSSR count). The second-order valence-electron chi connectivity index (χ2n) is 4.36. The first-order chi connectivity index (χ1) is 8.15. The summed E-state index contributed by atoms with van der Waals surface area (Å²) < 4.78 is 1.94. The second-order valence-corrected chi connectivity index (χ2v) is 5.73. The average molecular weight is 250 g/mol. The van der Waals surface area contributed by atoms with Crippen molar-refractivity contribution in [2.24, 2.45) is 7.05 Å². The van der Waals surface area contributed by atoms with Gasteiger partial charge in [0.2, 0.25) is 0 Å². The van der Waals surface area contributed by atoms with E-state index in [0.717, 1.165) is 18.8 Å². The predicted octanol–water partition coefficient (Wildman–Crippen LogP) is 1.91. The van der Waals surface area contributed by atoms with E-state index >= 15 is 0 Å². The molecular formula is C12H18N4S. The van der Waals surface area contributed by atoms with E-state index in [1.165, 1.54) is 9.75 Å². The van der Waals surface area contributed by atoms with Gasteiger partial charge in [0.25, 0.3) is 0 Å². The summed E-state index contributed by atoms with van der Waals surface area (Å²) in [5.74, 6) is 0.971. The average Bonchev–Trinajstić information content (AvgIpc) is 2.85. The minimum absolute atomic E-state index is 0.449. The molecule has 0 spiro atoms. The van der Waals surface area contributed by atoms with E-state index in [4.69, 9.17) is 0 Å². The number of hydrogen-bond acceptors (Lipinski definition) is 4. The number of nitrogens with zero attached hydrogens (tertiary/aromatic N) is 3. The molecule has 0 radical (unpaired) electrons. The van der Waals surface area contributed by atoms with E-state index in [0.29, 0.717) is 6.04 Å². The van der Waals surface area contributed by atoms with Crippen LogP contribution in [0, 0.1) is 6.92 Å². The molecule has 0 fully saturated rings. The lowest BCUT2D eigenvalue weighted by Gasteiger charge is -2.12. The number of thiophene rings is 1. The van der Waals surface area contributed by atoms with Gasteiger partial charge in [-0.15, -0.1) is 21.5 Å². The van der Waals surface area contributed by atoms with Crippen molar-refractivity contribution in [2.45, 2.75) is 32.9 Å². The van der Waals surface area contributed by atoms with Crippen LogP contribution in [0.1, 0.15) is 22.5 Å². The Balaban J connectivity index is 1.82. The quantitative estimate of drug-likeness (QED) is 0.881. The van der Waals surface area contributed by atoms with Gasteiger partial charge < -0.3 is 9.88 Å². The van der Waals surface area contributed by atoms with Gasteiger partial charge in [-0.1, -0.05) is 0 Å². The molecule has 0 aliphatic heterocycles. The molecule has 92 valence electrons. The first-order valence-electron chi connectivity index (χ1n) is 5.76. The Morgan fingerprint density at radius 2 is 2.29 bits per heavy atom. The lowest BCUT2D eigenvalue weighted by Crippen LogP contribution is -2.28. The Kier molecular flexibility index (Phi) is 3.91. The van der Waals surface area contributed by atoms with Crippen LogP contribution in [0.3, 0.4) is 0 Å². The molecule has 0 saturated heterocycles. The SMILES string of the molecule is Cc1ccc(CC(C)NCc2nncn2C)s1. The summed E-state index contributed by atoms with van der Waals surface area (Å²) in [5.41, 5.74) is 0. The summed E-state index contributed by atoms with van der Waals surface area (Å²) in [5, 5.41) is 11.4. The largest absolute Gasteiger partial charge is 0.320 e. The fourth-order valence-corrected chi connectivity index (χ4v) is 2.72. The monoisotopic (exact) mass is 250 g/mol. The fourth-order valence-electron chi connectivity index (χ4n) is 1.70. The molecule has 0 aliphatic rings. The molecular weight excluding hydrogens is 232 g/mol. The van der Waals surface area contributed by atoms with Crippen LogP contribution in [0.15, 0.2) is 18.5 Å². The molecule has 0 bridgehead atoms. The zero-order valence-electron chi connectivity index (χ0n) is 10.5. The van der Waals surface area contributed by atoms with Crippen LogP contribution in [0.25, 0.3) is 0 Å². The second kappa shape index (κ2) is 5.42. The highest BCUT2D eigenvalue weighted by molar-refractivity contribution is 7.11. The number of rotatable bonds is 5. The normalized spacial score (nSPS) is 12.9. The van der Waals surface area contributed by atoms with Gasteiger partial charge in [-0.05, 0) is 32.4 Å². The van der Waals surface area contributed by atoms with Gasteiger partial charge in [0.05, 0.1) is 6.54 Å². The maximum atomic E-state index is 4.05. The number of hydrogen-bond donors (Lipinski definition) is 1. The van der Waals surface area contributed by atoms with Crippen LogP contribution < -0.4 is 5.32 Å². The van der Waals surface area contributed by atoms with Crippen molar-refractivity contribution in [3.63, 3.8) is 0 Å². The maximum Gasteiger partial charge on any atom is 0.146 e. The Bertz CT molecular complexity index is 474. The molecule has 17 heavy (non-hydrogen) atoms. The minimum Gasteiger partial charge on any atom is -0.320 e. The van der Waals surface area contributed by atoms with E-state index < -0.39 is 0 Å². The molecule has 4 nitrogen and oxygen atoms in total. The smallest absolute Gasteiger partial charge is 0.146 e. The summed E-state index contributed by atoms with van der Waals surface area (Å²) in [6, 6.07) is 4.83. The number of aryl methyl sites for hydroxylation is 2. The number of aromatic nitrogens is 3. The summed E-state index contributed by atoms with van der Waals surface area (Å²) in [7, 11) is 1.96. The Morgan fingerprint density at radius 1 is 1.47 bits per heavy atom. The van der Waals surface area contributed by atoms with Crippen LogP contribution >= 0.6 is 11.3 Å². The maximum absolute atomic E-state index is 4.05. The van der Waals surface area contributed by atoms with E-state index in [1.807, 2.05) is 23.0 Å². The standard InChI is InChI=1S/C12H18N4S/c1-9(6-11-5-4-10(2)17-11)13-7-12-15-14-8-16(12)3/h4-5,8-9,13H,6-7H2,1-3H3. The van der Waals surface area contributed by atoms with Gasteiger partial charge in [-0.2, -0.15) is 0 Å². The van der Waals surface area contributed by atoms with Gasteiger partial charge in [-0.3, -0.25) is 0 Å². The van der Waals surface area contributed by atoms with Crippen molar-refractivity contribution in [3.8, 4) is 0 Å². The topological polar surface area (TPSA) is 42.7 Å². The molecule has 1 unspecified atom stereocenters. The van der Waals surface area contributed by atoms with E-state index in [-0.39, 0.29) is 0 Å². The van der Waals surface area contributed by atoms with E-state index in [2.05, 4.69) is 41.5 Å². The molecule has 2 heterocycles. The molecule has 5 heteroatoms. The third kappa shape index (κ3) is 3.38. The molecule has 0 saturated carbocycles. The molecule has 0 aliphatic carbocycles. The predicted molar refractivity (Wildman–Crippen MR) is 70.1 cm³/mol. The van der Waals surface area contributed by atoms with Crippen molar-refractivity contribution in [2.75, 3.05) is 0 Å². The van der Waals surface area contributed by atoms with Crippen molar-refractivity contribution in [1.29, 1.82) is 0 Å². The van der Waals surface area contributed by atoms with Gasteiger partial charge >= 0.3 is 0 Å². The summed E-state index contributed by atoms with van der Waals surface area (Å²) in [6.45, 7) is 5.11.